The van der Waals surface area contributed by atoms with E-state index in [9.17, 15) is 22.4 Å². The predicted octanol–water partition coefficient (Wildman–Crippen LogP) is 4.85. The smallest absolute Gasteiger partial charge is 0.329 e. The number of hydrogen-bond acceptors (Lipinski definition) is 5. The van der Waals surface area contributed by atoms with Crippen molar-refractivity contribution in [2.75, 3.05) is 11.9 Å². The standard InChI is InChI=1S/C18H14F4N4O2S/c1-9-6-11(19)2-3-12(9)23-17(27)26-5-4-13-10(8-26)7-14(29-13)15-24-16(28-25-15)18(20,21)22/h2-3,6-7H,4-5,8H2,1H3,(H,23,27). The molecule has 0 unspecified atom stereocenters. The highest BCUT2D eigenvalue weighted by molar-refractivity contribution is 7.15. The maximum Gasteiger partial charge on any atom is 0.471 e. The monoisotopic (exact) mass is 426 g/mol. The molecule has 11 heteroatoms. The van der Waals surface area contributed by atoms with Crippen LogP contribution in [0.5, 0.6) is 0 Å². The largest absolute Gasteiger partial charge is 0.471 e. The van der Waals surface area contributed by atoms with Crippen LogP contribution in [0, 0.1) is 12.7 Å². The van der Waals surface area contributed by atoms with Gasteiger partial charge in [0.2, 0.25) is 5.82 Å². The van der Waals surface area contributed by atoms with Crippen LogP contribution in [0.3, 0.4) is 0 Å². The number of nitrogens with zero attached hydrogens (tertiary/aromatic N) is 3. The Morgan fingerprint density at radius 1 is 1.31 bits per heavy atom. The molecule has 0 spiro atoms. The zero-order valence-corrected chi connectivity index (χ0v) is 15.8. The van der Waals surface area contributed by atoms with Crippen LogP contribution in [-0.4, -0.2) is 27.6 Å². The number of thiophene rings is 1. The molecule has 0 atom stereocenters. The van der Waals surface area contributed by atoms with Gasteiger partial charge in [-0.3, -0.25) is 0 Å². The van der Waals surface area contributed by atoms with Crippen LogP contribution in [0.1, 0.15) is 21.9 Å². The normalized spacial score (nSPS) is 14.0. The molecule has 0 bridgehead atoms. The highest BCUT2D eigenvalue weighted by atomic mass is 32.1. The van der Waals surface area contributed by atoms with Gasteiger partial charge in [-0.2, -0.15) is 18.2 Å². The van der Waals surface area contributed by atoms with Crippen LogP contribution < -0.4 is 5.32 Å². The van der Waals surface area contributed by atoms with E-state index in [2.05, 4.69) is 20.0 Å². The van der Waals surface area contributed by atoms with Crippen molar-refractivity contribution < 1.29 is 26.9 Å². The summed E-state index contributed by atoms with van der Waals surface area (Å²) in [5, 5.41) is 6.16. The van der Waals surface area contributed by atoms with E-state index in [4.69, 9.17) is 0 Å². The molecule has 152 valence electrons. The van der Waals surface area contributed by atoms with Crippen molar-refractivity contribution >= 4 is 23.1 Å². The first-order valence-electron chi connectivity index (χ1n) is 8.55. The van der Waals surface area contributed by atoms with Gasteiger partial charge in [0.05, 0.1) is 4.88 Å². The number of hydrogen-bond donors (Lipinski definition) is 1. The van der Waals surface area contributed by atoms with Crippen molar-refractivity contribution in [1.29, 1.82) is 0 Å². The molecule has 0 saturated carbocycles. The minimum Gasteiger partial charge on any atom is -0.329 e. The Kier molecular flexibility index (Phi) is 4.77. The molecule has 0 fully saturated rings. The van der Waals surface area contributed by atoms with Crippen LogP contribution >= 0.6 is 11.3 Å². The number of amides is 2. The van der Waals surface area contributed by atoms with Crippen molar-refractivity contribution in [3.63, 3.8) is 0 Å². The molecule has 0 aliphatic carbocycles. The third kappa shape index (κ3) is 3.95. The maximum atomic E-state index is 13.2. The number of carbonyl (C=O) groups excluding carboxylic acids is 1. The second-order valence-corrected chi connectivity index (χ2v) is 7.68. The molecular formula is C18H14F4N4O2S. The zero-order valence-electron chi connectivity index (χ0n) is 15.0. The van der Waals surface area contributed by atoms with Gasteiger partial charge in [0.15, 0.2) is 0 Å². The van der Waals surface area contributed by atoms with Crippen LogP contribution in [0.25, 0.3) is 10.7 Å². The molecule has 1 aromatic carbocycles. The maximum absolute atomic E-state index is 13.2. The third-order valence-corrected chi connectivity index (χ3v) is 5.71. The highest BCUT2D eigenvalue weighted by Gasteiger charge is 2.38. The molecule has 1 aliphatic rings. The third-order valence-electron chi connectivity index (χ3n) is 4.47. The summed E-state index contributed by atoms with van der Waals surface area (Å²) >= 11 is 1.28. The van der Waals surface area contributed by atoms with Crippen LogP contribution in [0.2, 0.25) is 0 Å². The lowest BCUT2D eigenvalue weighted by molar-refractivity contribution is -0.159. The zero-order chi connectivity index (χ0) is 20.8. The highest BCUT2D eigenvalue weighted by Crippen LogP contribution is 2.35. The quantitative estimate of drug-likeness (QED) is 0.595. The molecule has 1 aliphatic heterocycles. The van der Waals surface area contributed by atoms with E-state index in [0.29, 0.717) is 35.6 Å². The van der Waals surface area contributed by atoms with Crippen molar-refractivity contribution in [1.82, 2.24) is 15.0 Å². The Morgan fingerprint density at radius 3 is 2.79 bits per heavy atom. The molecule has 0 saturated heterocycles. The van der Waals surface area contributed by atoms with Gasteiger partial charge in [-0.15, -0.1) is 11.3 Å². The van der Waals surface area contributed by atoms with Crippen LogP contribution in [-0.2, 0) is 19.1 Å². The molecule has 2 aromatic heterocycles. The fraction of sp³-hybridized carbons (Fsp3) is 0.278. The number of urea groups is 1. The van der Waals surface area contributed by atoms with E-state index in [1.54, 1.807) is 17.9 Å². The molecule has 3 aromatic rings. The summed E-state index contributed by atoms with van der Waals surface area (Å²) in [5.74, 6) is -1.91. The number of benzene rings is 1. The summed E-state index contributed by atoms with van der Waals surface area (Å²) < 4.78 is 55.4. The number of rotatable bonds is 2. The van der Waals surface area contributed by atoms with Crippen molar-refractivity contribution in [3.05, 3.63) is 52.0 Å². The first-order valence-corrected chi connectivity index (χ1v) is 9.37. The van der Waals surface area contributed by atoms with E-state index in [-0.39, 0.29) is 17.7 Å². The molecule has 29 heavy (non-hydrogen) atoms. The van der Waals surface area contributed by atoms with E-state index < -0.39 is 12.1 Å². The van der Waals surface area contributed by atoms with Gasteiger partial charge in [-0.25, -0.2) is 9.18 Å². The molecule has 3 heterocycles. The Labute approximate surface area is 166 Å². The van der Waals surface area contributed by atoms with Crippen molar-refractivity contribution in [2.24, 2.45) is 0 Å². The molecule has 2 amide bonds. The lowest BCUT2D eigenvalue weighted by atomic mass is 10.1. The Balaban J connectivity index is 1.49. The van der Waals surface area contributed by atoms with Crippen LogP contribution in [0.15, 0.2) is 28.8 Å². The summed E-state index contributed by atoms with van der Waals surface area (Å²) in [4.78, 5) is 19.0. The average molecular weight is 426 g/mol. The number of fused-ring (bicyclic) bond motifs is 1. The summed E-state index contributed by atoms with van der Waals surface area (Å²) in [7, 11) is 0. The minimum atomic E-state index is -4.70. The number of alkyl halides is 3. The second kappa shape index (κ2) is 7.14. The average Bonchev–Trinajstić information content (AvgIpc) is 3.29. The van der Waals surface area contributed by atoms with Gasteiger partial charge in [-0.1, -0.05) is 5.16 Å². The summed E-state index contributed by atoms with van der Waals surface area (Å²) in [6.07, 6.45) is -4.14. The van der Waals surface area contributed by atoms with Gasteiger partial charge in [0.1, 0.15) is 5.82 Å². The SMILES string of the molecule is Cc1cc(F)ccc1NC(=O)N1CCc2sc(-c3noc(C(F)(F)F)n3)cc2C1. The number of aromatic nitrogens is 2. The van der Waals surface area contributed by atoms with Gasteiger partial charge in [0.25, 0.3) is 0 Å². The van der Waals surface area contributed by atoms with E-state index >= 15 is 0 Å². The second-order valence-electron chi connectivity index (χ2n) is 6.54. The Bertz CT molecular complexity index is 1080. The number of aryl methyl sites for hydroxylation is 1. The van der Waals surface area contributed by atoms with E-state index in [0.717, 1.165) is 10.4 Å². The van der Waals surface area contributed by atoms with Crippen LogP contribution in [0.4, 0.5) is 28.0 Å². The predicted molar refractivity (Wildman–Crippen MR) is 96.9 cm³/mol. The molecular weight excluding hydrogens is 412 g/mol. The van der Waals surface area contributed by atoms with E-state index in [1.807, 2.05) is 0 Å². The minimum absolute atomic E-state index is 0.130. The lowest BCUT2D eigenvalue weighted by Crippen LogP contribution is -2.38. The summed E-state index contributed by atoms with van der Waals surface area (Å²) in [6, 6.07) is 5.43. The topological polar surface area (TPSA) is 71.3 Å². The van der Waals surface area contributed by atoms with Crippen molar-refractivity contribution in [3.8, 4) is 10.7 Å². The summed E-state index contributed by atoms with van der Waals surface area (Å²) in [6.45, 7) is 2.43. The lowest BCUT2D eigenvalue weighted by Gasteiger charge is -2.27. The number of nitrogens with one attached hydrogen (secondary N) is 1. The first kappa shape index (κ1) is 19.4. The Hall–Kier alpha value is -2.95. The Morgan fingerprint density at radius 2 is 2.10 bits per heavy atom. The number of anilines is 1. The van der Waals surface area contributed by atoms with E-state index in [1.165, 1.54) is 29.5 Å². The van der Waals surface area contributed by atoms with Gasteiger partial charge in [-0.05, 0) is 48.7 Å². The molecule has 4 rings (SSSR count). The van der Waals surface area contributed by atoms with Gasteiger partial charge >= 0.3 is 18.1 Å². The summed E-state index contributed by atoms with van der Waals surface area (Å²) in [5.41, 5.74) is 1.94. The van der Waals surface area contributed by atoms with Gasteiger partial charge in [0, 0.05) is 23.7 Å². The molecule has 1 N–H and O–H groups in total. The fourth-order valence-corrected chi connectivity index (χ4v) is 4.11. The van der Waals surface area contributed by atoms with Gasteiger partial charge < -0.3 is 14.7 Å². The first-order chi connectivity index (χ1) is 13.7. The van der Waals surface area contributed by atoms with Crippen molar-refractivity contribution in [2.45, 2.75) is 26.1 Å². The number of halogens is 4. The molecule has 0 radical (unpaired) electrons. The fourth-order valence-electron chi connectivity index (χ4n) is 3.02. The number of carbonyl (C=O) groups is 1. The molecule has 6 nitrogen and oxygen atoms in total.